The Balaban J connectivity index is 2.19. The van der Waals surface area contributed by atoms with Crippen molar-refractivity contribution < 1.29 is 44.7 Å². The van der Waals surface area contributed by atoms with Gasteiger partial charge in [-0.3, -0.25) is 4.79 Å². The zero-order valence-electron chi connectivity index (χ0n) is 16.5. The van der Waals surface area contributed by atoms with Gasteiger partial charge < -0.3 is 4.74 Å². The van der Waals surface area contributed by atoms with E-state index < -0.39 is 42.2 Å². The number of carbonyl (C=O) groups excluding carboxylic acids is 1. The molecule has 2 fully saturated rings. The van der Waals surface area contributed by atoms with Crippen molar-refractivity contribution in [2.75, 3.05) is 6.61 Å². The van der Waals surface area contributed by atoms with Gasteiger partial charge in [-0.1, -0.05) is 33.6 Å². The van der Waals surface area contributed by atoms with Crippen LogP contribution in [-0.4, -0.2) is 36.8 Å². The first-order chi connectivity index (χ1) is 13.2. The fourth-order valence-electron chi connectivity index (χ4n) is 5.06. The number of unbranched alkanes of at least 4 members (excludes halogenated alkanes) is 1. The molecule has 2 nitrogen and oxygen atoms in total. The molecule has 0 saturated heterocycles. The van der Waals surface area contributed by atoms with Crippen LogP contribution in [0.3, 0.4) is 0 Å². The Kier molecular flexibility index (Phi) is 6.56. The van der Waals surface area contributed by atoms with Gasteiger partial charge in [-0.2, -0.15) is 26.3 Å². The molecule has 2 bridgehead atoms. The molecule has 2 aliphatic carbocycles. The number of halogens is 8. The Hall–Kier alpha value is -1.09. The minimum Gasteiger partial charge on any atom is -0.459 e. The first kappa shape index (κ1) is 24.2. The molecule has 0 aromatic heterocycles. The molecule has 2 saturated carbocycles. The van der Waals surface area contributed by atoms with Crippen LogP contribution in [0.15, 0.2) is 0 Å². The fraction of sp³-hybridized carbons (Fsp3) is 0.947. The Morgan fingerprint density at radius 1 is 1.10 bits per heavy atom. The average Bonchev–Trinajstić information content (AvgIpc) is 3.15. The van der Waals surface area contributed by atoms with E-state index in [0.29, 0.717) is 38.0 Å². The van der Waals surface area contributed by atoms with Crippen LogP contribution < -0.4 is 0 Å². The van der Waals surface area contributed by atoms with Crippen LogP contribution in [0.5, 0.6) is 0 Å². The molecule has 5 unspecified atom stereocenters. The molecule has 0 heterocycles. The number of ether oxygens (including phenoxy) is 1. The Labute approximate surface area is 164 Å². The topological polar surface area (TPSA) is 26.3 Å². The summed E-state index contributed by atoms with van der Waals surface area (Å²) in [6, 6.07) is 0. The number of carbonyl (C=O) groups is 1. The molecule has 5 atom stereocenters. The van der Waals surface area contributed by atoms with Crippen LogP contribution >= 0.6 is 0 Å². The molecule has 0 radical (unpaired) electrons. The van der Waals surface area contributed by atoms with Gasteiger partial charge in [0.25, 0.3) is 0 Å². The SMILES string of the molecule is CCCCC1(C(=O)OCC(F)(F)C(F)(F)C(F)(F)C(F)F)CC2CC1C(C)C2C. The minimum atomic E-state index is -6.37. The standard InChI is InChI=1S/C19H26F8O2/c1-4-5-6-16(8-12-7-13(16)11(3)10(12)2)15(28)29-9-17(22,23)19(26,27)18(24,25)14(20)21/h10-14H,4-9H2,1-3H3. The molecule has 29 heavy (non-hydrogen) atoms. The van der Waals surface area contributed by atoms with Crippen LogP contribution in [0.1, 0.15) is 52.9 Å². The summed E-state index contributed by atoms with van der Waals surface area (Å²) in [4.78, 5) is 12.7. The molecular formula is C19H26F8O2. The van der Waals surface area contributed by atoms with Crippen LogP contribution in [0, 0.1) is 29.1 Å². The predicted molar refractivity (Wildman–Crippen MR) is 88.3 cm³/mol. The van der Waals surface area contributed by atoms with E-state index in [9.17, 15) is 39.9 Å². The van der Waals surface area contributed by atoms with Crippen LogP contribution in [0.4, 0.5) is 35.1 Å². The van der Waals surface area contributed by atoms with E-state index in [2.05, 4.69) is 4.74 Å². The summed E-state index contributed by atoms with van der Waals surface area (Å²) in [6.07, 6.45) is -2.37. The molecule has 170 valence electrons. The van der Waals surface area contributed by atoms with E-state index in [4.69, 9.17) is 0 Å². The van der Waals surface area contributed by atoms with E-state index >= 15 is 0 Å². The van der Waals surface area contributed by atoms with Gasteiger partial charge in [0.05, 0.1) is 5.41 Å². The van der Waals surface area contributed by atoms with Crippen LogP contribution in [0.2, 0.25) is 0 Å². The summed E-state index contributed by atoms with van der Waals surface area (Å²) < 4.78 is 109. The molecule has 0 N–H and O–H groups in total. The summed E-state index contributed by atoms with van der Waals surface area (Å²) in [6.45, 7) is 3.43. The second kappa shape index (κ2) is 7.87. The molecule has 2 rings (SSSR count). The number of esters is 1. The second-order valence-corrected chi connectivity index (χ2v) is 8.56. The second-order valence-electron chi connectivity index (χ2n) is 8.56. The van der Waals surface area contributed by atoms with Crippen LogP contribution in [-0.2, 0) is 9.53 Å². The third kappa shape index (κ3) is 3.73. The van der Waals surface area contributed by atoms with Crippen molar-refractivity contribution in [3.63, 3.8) is 0 Å². The molecule has 0 spiro atoms. The fourth-order valence-corrected chi connectivity index (χ4v) is 5.06. The van der Waals surface area contributed by atoms with Crippen molar-refractivity contribution in [2.45, 2.75) is 77.1 Å². The van der Waals surface area contributed by atoms with Crippen LogP contribution in [0.25, 0.3) is 0 Å². The number of hydrogen-bond donors (Lipinski definition) is 0. The highest BCUT2D eigenvalue weighted by Gasteiger charge is 2.76. The first-order valence-electron chi connectivity index (χ1n) is 9.74. The maximum Gasteiger partial charge on any atom is 0.381 e. The molecule has 0 amide bonds. The Morgan fingerprint density at radius 2 is 1.69 bits per heavy atom. The zero-order valence-corrected chi connectivity index (χ0v) is 16.5. The van der Waals surface area contributed by atoms with Gasteiger partial charge in [-0.15, -0.1) is 0 Å². The van der Waals surface area contributed by atoms with E-state index in [-0.39, 0.29) is 17.8 Å². The van der Waals surface area contributed by atoms with Crippen molar-refractivity contribution in [1.29, 1.82) is 0 Å². The third-order valence-electron chi connectivity index (χ3n) is 7.02. The Bertz CT molecular complexity index is 607. The smallest absolute Gasteiger partial charge is 0.381 e. The Morgan fingerprint density at radius 3 is 2.14 bits per heavy atom. The number of fused-ring (bicyclic) bond motifs is 2. The van der Waals surface area contributed by atoms with Crippen molar-refractivity contribution in [2.24, 2.45) is 29.1 Å². The lowest BCUT2D eigenvalue weighted by Gasteiger charge is -2.41. The van der Waals surface area contributed by atoms with E-state index in [1.807, 2.05) is 20.8 Å². The molecule has 2 aliphatic rings. The molecule has 0 aliphatic heterocycles. The van der Waals surface area contributed by atoms with Gasteiger partial charge in [-0.25, -0.2) is 8.78 Å². The van der Waals surface area contributed by atoms with Gasteiger partial charge in [-0.05, 0) is 42.9 Å². The monoisotopic (exact) mass is 438 g/mol. The lowest BCUT2D eigenvalue weighted by Crippen LogP contribution is -2.59. The number of rotatable bonds is 9. The third-order valence-corrected chi connectivity index (χ3v) is 7.02. The molecule has 10 heteroatoms. The van der Waals surface area contributed by atoms with Crippen molar-refractivity contribution in [3.05, 3.63) is 0 Å². The van der Waals surface area contributed by atoms with Crippen molar-refractivity contribution in [1.82, 2.24) is 0 Å². The minimum absolute atomic E-state index is 0.0864. The van der Waals surface area contributed by atoms with E-state index in [0.717, 1.165) is 0 Å². The predicted octanol–water partition coefficient (Wildman–Crippen LogP) is 6.19. The van der Waals surface area contributed by atoms with Gasteiger partial charge in [0.2, 0.25) is 0 Å². The maximum atomic E-state index is 13.8. The molecular weight excluding hydrogens is 412 g/mol. The average molecular weight is 438 g/mol. The molecule has 0 aromatic carbocycles. The van der Waals surface area contributed by atoms with Gasteiger partial charge in [0.1, 0.15) is 0 Å². The quantitative estimate of drug-likeness (QED) is 0.317. The summed E-state index contributed by atoms with van der Waals surface area (Å²) in [5.74, 6) is -19.1. The molecule has 0 aromatic rings. The summed E-state index contributed by atoms with van der Waals surface area (Å²) in [7, 11) is 0. The van der Waals surface area contributed by atoms with Crippen molar-refractivity contribution in [3.8, 4) is 0 Å². The largest absolute Gasteiger partial charge is 0.459 e. The number of alkyl halides is 8. The van der Waals surface area contributed by atoms with E-state index in [1.165, 1.54) is 0 Å². The zero-order chi connectivity index (χ0) is 22.4. The first-order valence-corrected chi connectivity index (χ1v) is 9.74. The lowest BCUT2D eigenvalue weighted by molar-refractivity contribution is -0.344. The van der Waals surface area contributed by atoms with E-state index in [1.54, 1.807) is 0 Å². The summed E-state index contributed by atoms with van der Waals surface area (Å²) in [5.41, 5.74) is -1.14. The lowest BCUT2D eigenvalue weighted by atomic mass is 9.63. The highest BCUT2D eigenvalue weighted by atomic mass is 19.4. The van der Waals surface area contributed by atoms with Gasteiger partial charge in [0.15, 0.2) is 6.61 Å². The maximum absolute atomic E-state index is 13.8. The van der Waals surface area contributed by atoms with Gasteiger partial charge in [0, 0.05) is 0 Å². The number of hydrogen-bond acceptors (Lipinski definition) is 2. The highest BCUT2D eigenvalue weighted by molar-refractivity contribution is 5.78. The van der Waals surface area contributed by atoms with Gasteiger partial charge >= 0.3 is 30.2 Å². The summed E-state index contributed by atoms with van der Waals surface area (Å²) >= 11 is 0. The summed E-state index contributed by atoms with van der Waals surface area (Å²) in [5, 5.41) is 0. The highest BCUT2D eigenvalue weighted by Crippen LogP contribution is 2.63. The normalized spacial score (nSPS) is 32.8. The van der Waals surface area contributed by atoms with Crippen molar-refractivity contribution >= 4 is 5.97 Å².